The second-order valence-corrected chi connectivity index (χ2v) is 6.37. The fourth-order valence-electron chi connectivity index (χ4n) is 1.67. The molecule has 0 spiro atoms. The van der Waals surface area contributed by atoms with Gasteiger partial charge in [0.25, 0.3) is 0 Å². The van der Waals surface area contributed by atoms with Gasteiger partial charge in [0.05, 0.1) is 0 Å². The van der Waals surface area contributed by atoms with Gasteiger partial charge in [-0.3, -0.25) is 0 Å². The molecule has 0 radical (unpaired) electrons. The van der Waals surface area contributed by atoms with Crippen molar-refractivity contribution in [3.8, 4) is 0 Å². The largest absolute Gasteiger partial charge is 0.505 e. The summed E-state index contributed by atoms with van der Waals surface area (Å²) < 4.78 is 42.9. The Balaban J connectivity index is 2.94. The molecule has 0 aliphatic heterocycles. The quantitative estimate of drug-likeness (QED) is 0.717. The van der Waals surface area contributed by atoms with Crippen molar-refractivity contribution in [1.29, 1.82) is 0 Å². The highest BCUT2D eigenvalue weighted by Crippen LogP contribution is 2.19. The Morgan fingerprint density at radius 2 is 1.72 bits per heavy atom. The van der Waals surface area contributed by atoms with E-state index in [1.165, 1.54) is 19.2 Å². The molecule has 0 fully saturated rings. The van der Waals surface area contributed by atoms with Crippen LogP contribution in [0, 0.1) is 11.6 Å². The van der Waals surface area contributed by atoms with Gasteiger partial charge in [-0.2, -0.15) is 0 Å². The summed E-state index contributed by atoms with van der Waals surface area (Å²) in [6, 6.07) is 3.65. The second-order valence-electron chi connectivity index (χ2n) is 3.67. The van der Waals surface area contributed by atoms with Gasteiger partial charge in [0, 0.05) is 32.4 Å². The van der Waals surface area contributed by atoms with Crippen LogP contribution in [0.1, 0.15) is 19.4 Å². The summed E-state index contributed by atoms with van der Waals surface area (Å²) in [5.41, 5.74) is 0.340. The molecule has 1 aromatic carbocycles. The summed E-state index contributed by atoms with van der Waals surface area (Å²) in [5, 5.41) is 0. The Hall–Kier alpha value is -0.823. The lowest BCUT2D eigenvalue weighted by atomic mass is 10.2. The molecule has 0 aromatic heterocycles. The third-order valence-electron chi connectivity index (χ3n) is 2.46. The topological polar surface area (TPSA) is 27.7 Å². The maximum atomic E-state index is 13.6. The Morgan fingerprint density at radius 1 is 1.11 bits per heavy atom. The molecule has 0 unspecified atom stereocenters. The van der Waals surface area contributed by atoms with E-state index in [0.717, 1.165) is 6.07 Å². The molecule has 0 amide bonds. The maximum Gasteiger partial charge on any atom is 0.505 e. The van der Waals surface area contributed by atoms with Crippen molar-refractivity contribution in [2.75, 3.05) is 20.3 Å². The highest BCUT2D eigenvalue weighted by Gasteiger charge is 2.40. The zero-order valence-electron chi connectivity index (χ0n) is 10.8. The van der Waals surface area contributed by atoms with Crippen molar-refractivity contribution in [2.24, 2.45) is 0 Å². The van der Waals surface area contributed by atoms with Crippen molar-refractivity contribution in [3.63, 3.8) is 0 Å². The predicted molar refractivity (Wildman–Crippen MR) is 66.1 cm³/mol. The van der Waals surface area contributed by atoms with Crippen LogP contribution in [-0.2, 0) is 19.3 Å². The van der Waals surface area contributed by atoms with E-state index >= 15 is 0 Å². The van der Waals surface area contributed by atoms with E-state index in [2.05, 4.69) is 0 Å². The normalized spacial score (nSPS) is 11.8. The van der Waals surface area contributed by atoms with Gasteiger partial charge in [0.15, 0.2) is 0 Å². The van der Waals surface area contributed by atoms with Gasteiger partial charge in [-0.25, -0.2) is 8.78 Å². The highest BCUT2D eigenvalue weighted by molar-refractivity contribution is 6.60. The highest BCUT2D eigenvalue weighted by atomic mass is 28.4. The first kappa shape index (κ1) is 15.2. The Labute approximate surface area is 107 Å². The van der Waals surface area contributed by atoms with Crippen LogP contribution < -0.4 is 0 Å². The van der Waals surface area contributed by atoms with Crippen molar-refractivity contribution in [1.82, 2.24) is 0 Å². The van der Waals surface area contributed by atoms with Crippen LogP contribution in [-0.4, -0.2) is 29.1 Å². The number of hydrogen-bond donors (Lipinski definition) is 0. The van der Waals surface area contributed by atoms with Gasteiger partial charge in [0.2, 0.25) is 0 Å². The summed E-state index contributed by atoms with van der Waals surface area (Å²) in [7, 11) is -1.44. The number of hydrogen-bond acceptors (Lipinski definition) is 3. The molecule has 1 aromatic rings. The smallest absolute Gasteiger partial charge is 0.377 e. The van der Waals surface area contributed by atoms with E-state index < -0.39 is 20.4 Å². The second kappa shape index (κ2) is 6.94. The third-order valence-corrected chi connectivity index (χ3v) is 5.35. The van der Waals surface area contributed by atoms with Crippen LogP contribution in [0.5, 0.6) is 0 Å². The molecule has 0 saturated carbocycles. The molecular formula is C12H18F2O3Si. The molecule has 0 atom stereocenters. The molecule has 6 heteroatoms. The van der Waals surface area contributed by atoms with Crippen LogP contribution >= 0.6 is 0 Å². The summed E-state index contributed by atoms with van der Waals surface area (Å²) in [6.07, 6.45) is 0. The lowest BCUT2D eigenvalue weighted by Gasteiger charge is -2.27. The van der Waals surface area contributed by atoms with E-state index in [-0.39, 0.29) is 6.04 Å². The summed E-state index contributed by atoms with van der Waals surface area (Å²) >= 11 is 0. The van der Waals surface area contributed by atoms with Crippen LogP contribution in [0.4, 0.5) is 8.78 Å². The zero-order chi connectivity index (χ0) is 13.6. The maximum absolute atomic E-state index is 13.6. The Kier molecular flexibility index (Phi) is 5.87. The van der Waals surface area contributed by atoms with Crippen LogP contribution in [0.15, 0.2) is 18.2 Å². The summed E-state index contributed by atoms with van der Waals surface area (Å²) in [6.45, 7) is 4.48. The van der Waals surface area contributed by atoms with Crippen molar-refractivity contribution in [3.05, 3.63) is 35.4 Å². The van der Waals surface area contributed by atoms with Crippen molar-refractivity contribution in [2.45, 2.75) is 19.9 Å². The van der Waals surface area contributed by atoms with Gasteiger partial charge >= 0.3 is 8.80 Å². The third kappa shape index (κ3) is 3.84. The molecule has 0 bridgehead atoms. The number of halogens is 2. The van der Waals surface area contributed by atoms with Crippen LogP contribution in [0.2, 0.25) is 0 Å². The number of rotatable bonds is 7. The molecule has 0 saturated heterocycles. The van der Waals surface area contributed by atoms with Crippen molar-refractivity contribution >= 4 is 8.80 Å². The first-order valence-electron chi connectivity index (χ1n) is 5.84. The molecule has 0 aliphatic rings. The van der Waals surface area contributed by atoms with Crippen molar-refractivity contribution < 1.29 is 22.1 Å². The molecule has 0 aliphatic carbocycles. The average Bonchev–Trinajstić information content (AvgIpc) is 2.33. The lowest BCUT2D eigenvalue weighted by Crippen LogP contribution is -2.47. The fraction of sp³-hybridized carbons (Fsp3) is 0.500. The molecule has 0 N–H and O–H groups in total. The lowest BCUT2D eigenvalue weighted by molar-refractivity contribution is 0.0854. The van der Waals surface area contributed by atoms with E-state index in [0.29, 0.717) is 18.8 Å². The monoisotopic (exact) mass is 276 g/mol. The van der Waals surface area contributed by atoms with Gasteiger partial charge in [-0.1, -0.05) is 6.07 Å². The first-order chi connectivity index (χ1) is 8.56. The molecule has 102 valence electrons. The standard InChI is InChI=1S/C12H18F2O3Si/c1-4-16-18(15-3,17-5-2)9-10-6-7-11(13)8-12(10)14/h6-8H,4-5,9H2,1-3H3. The zero-order valence-corrected chi connectivity index (χ0v) is 11.8. The van der Waals surface area contributed by atoms with Crippen LogP contribution in [0.25, 0.3) is 0 Å². The summed E-state index contributed by atoms with van der Waals surface area (Å²) in [5.74, 6) is -1.21. The van der Waals surface area contributed by atoms with Gasteiger partial charge in [-0.15, -0.1) is 0 Å². The van der Waals surface area contributed by atoms with E-state index in [4.69, 9.17) is 13.3 Å². The minimum Gasteiger partial charge on any atom is -0.377 e. The van der Waals surface area contributed by atoms with E-state index in [9.17, 15) is 8.78 Å². The summed E-state index contributed by atoms with van der Waals surface area (Å²) in [4.78, 5) is 0. The first-order valence-corrected chi connectivity index (χ1v) is 7.77. The fourth-order valence-corrected chi connectivity index (χ4v) is 3.97. The Morgan fingerprint density at radius 3 is 2.17 bits per heavy atom. The molecule has 3 nitrogen and oxygen atoms in total. The van der Waals surface area contributed by atoms with Gasteiger partial charge < -0.3 is 13.3 Å². The molecule has 1 rings (SSSR count). The van der Waals surface area contributed by atoms with Gasteiger partial charge in [-0.05, 0) is 25.5 Å². The SMILES string of the molecule is CCO[Si](Cc1ccc(F)cc1F)(OC)OCC. The van der Waals surface area contributed by atoms with E-state index in [1.54, 1.807) is 0 Å². The van der Waals surface area contributed by atoms with E-state index in [1.807, 2.05) is 13.8 Å². The predicted octanol–water partition coefficient (Wildman–Crippen LogP) is 2.70. The molecule has 0 heterocycles. The number of benzene rings is 1. The minimum absolute atomic E-state index is 0.192. The van der Waals surface area contributed by atoms with Crippen LogP contribution in [0.3, 0.4) is 0 Å². The van der Waals surface area contributed by atoms with Gasteiger partial charge in [0.1, 0.15) is 11.6 Å². The molecular weight excluding hydrogens is 258 g/mol. The Bertz CT molecular complexity index is 382. The average molecular weight is 276 g/mol. The molecule has 18 heavy (non-hydrogen) atoms. The minimum atomic E-state index is -2.92.